The van der Waals surface area contributed by atoms with Gasteiger partial charge in [-0.15, -0.1) is 0 Å². The fraction of sp³-hybridized carbons (Fsp3) is 0.538. The largest absolute Gasteiger partial charge is 0.497 e. The lowest BCUT2D eigenvalue weighted by molar-refractivity contribution is 0.0901. The van der Waals surface area contributed by atoms with Gasteiger partial charge in [0, 0.05) is 6.54 Å². The lowest BCUT2D eigenvalue weighted by atomic mass is 10.0. The van der Waals surface area contributed by atoms with Crippen LogP contribution in [-0.4, -0.2) is 43.1 Å². The maximum Gasteiger partial charge on any atom is 0.243 e. The summed E-state index contributed by atoms with van der Waals surface area (Å²) in [6.45, 7) is 3.82. The van der Waals surface area contributed by atoms with Gasteiger partial charge in [0.25, 0.3) is 0 Å². The van der Waals surface area contributed by atoms with Crippen LogP contribution in [0, 0.1) is 0 Å². The molecule has 1 N–H and O–H groups in total. The zero-order valence-electron chi connectivity index (χ0n) is 11.3. The second kappa shape index (κ2) is 4.77. The molecule has 1 aromatic rings. The first-order valence-electron chi connectivity index (χ1n) is 6.15. The maximum absolute atomic E-state index is 12.6. The maximum atomic E-state index is 12.6. The molecular weight excluding hydrogens is 266 g/mol. The summed E-state index contributed by atoms with van der Waals surface area (Å²) < 4.78 is 31.5. The molecule has 1 atom stereocenters. The molecule has 1 saturated heterocycles. The van der Waals surface area contributed by atoms with Crippen molar-refractivity contribution in [3.63, 3.8) is 0 Å². The SMILES string of the molecule is COc1ccc(S(=O)(=O)N2CCC(O)C2(C)C)cc1. The number of methoxy groups -OCH3 is 1. The fourth-order valence-corrected chi connectivity index (χ4v) is 4.17. The van der Waals surface area contributed by atoms with Gasteiger partial charge in [0.05, 0.1) is 23.6 Å². The molecule has 1 heterocycles. The monoisotopic (exact) mass is 285 g/mol. The van der Waals surface area contributed by atoms with E-state index in [9.17, 15) is 13.5 Å². The second-order valence-corrected chi connectivity index (χ2v) is 7.07. The normalized spacial score (nSPS) is 23.5. The molecule has 19 heavy (non-hydrogen) atoms. The number of nitrogens with zero attached hydrogens (tertiary/aromatic N) is 1. The summed E-state index contributed by atoms with van der Waals surface area (Å²) >= 11 is 0. The van der Waals surface area contributed by atoms with Gasteiger partial charge in [0.1, 0.15) is 5.75 Å². The number of hydrogen-bond donors (Lipinski definition) is 1. The van der Waals surface area contributed by atoms with E-state index in [-0.39, 0.29) is 4.90 Å². The van der Waals surface area contributed by atoms with Crippen molar-refractivity contribution in [3.8, 4) is 5.75 Å². The Labute approximate surface area is 113 Å². The summed E-state index contributed by atoms with van der Waals surface area (Å²) in [5, 5.41) is 9.89. The Hall–Kier alpha value is -1.11. The zero-order chi connectivity index (χ0) is 14.3. The van der Waals surface area contributed by atoms with Gasteiger partial charge in [0.2, 0.25) is 10.0 Å². The number of hydrogen-bond acceptors (Lipinski definition) is 4. The average Bonchev–Trinajstić information content (AvgIpc) is 2.64. The molecule has 0 radical (unpaired) electrons. The first kappa shape index (κ1) is 14.3. The first-order chi connectivity index (χ1) is 8.80. The highest BCUT2D eigenvalue weighted by atomic mass is 32.2. The minimum atomic E-state index is -3.59. The Kier molecular flexibility index (Phi) is 3.59. The van der Waals surface area contributed by atoms with Gasteiger partial charge in [-0.1, -0.05) is 0 Å². The second-order valence-electron chi connectivity index (χ2n) is 5.21. The predicted molar refractivity (Wildman–Crippen MR) is 71.6 cm³/mol. The van der Waals surface area contributed by atoms with Crippen molar-refractivity contribution in [1.29, 1.82) is 0 Å². The quantitative estimate of drug-likeness (QED) is 0.907. The van der Waals surface area contributed by atoms with E-state index in [1.54, 1.807) is 26.0 Å². The molecule has 2 rings (SSSR count). The van der Waals surface area contributed by atoms with Crippen LogP contribution in [0.4, 0.5) is 0 Å². The molecular formula is C13H19NO4S. The number of rotatable bonds is 3. The van der Waals surface area contributed by atoms with E-state index in [0.717, 1.165) is 0 Å². The number of aliphatic hydroxyl groups excluding tert-OH is 1. The standard InChI is InChI=1S/C13H19NO4S/c1-13(2)12(15)8-9-14(13)19(16,17)11-6-4-10(18-3)5-7-11/h4-7,12,15H,8-9H2,1-3H3. The third-order valence-electron chi connectivity index (χ3n) is 3.71. The molecule has 0 bridgehead atoms. The molecule has 1 unspecified atom stereocenters. The molecule has 1 aliphatic rings. The third kappa shape index (κ3) is 2.35. The number of benzene rings is 1. The summed E-state index contributed by atoms with van der Waals surface area (Å²) in [6, 6.07) is 6.28. The van der Waals surface area contributed by atoms with Gasteiger partial charge in [-0.3, -0.25) is 0 Å². The topological polar surface area (TPSA) is 66.8 Å². The molecule has 6 heteroatoms. The van der Waals surface area contributed by atoms with E-state index in [0.29, 0.717) is 18.7 Å². The van der Waals surface area contributed by atoms with Crippen molar-refractivity contribution in [2.45, 2.75) is 36.8 Å². The zero-order valence-corrected chi connectivity index (χ0v) is 12.1. The first-order valence-corrected chi connectivity index (χ1v) is 7.59. The number of sulfonamides is 1. The van der Waals surface area contributed by atoms with E-state index in [1.165, 1.54) is 23.5 Å². The van der Waals surface area contributed by atoms with E-state index < -0.39 is 21.7 Å². The van der Waals surface area contributed by atoms with Crippen LogP contribution >= 0.6 is 0 Å². The molecule has 0 aromatic heterocycles. The third-order valence-corrected chi connectivity index (χ3v) is 5.81. The Morgan fingerprint density at radius 2 is 1.89 bits per heavy atom. The van der Waals surface area contributed by atoms with Gasteiger partial charge in [-0.25, -0.2) is 8.42 Å². The number of aliphatic hydroxyl groups is 1. The van der Waals surface area contributed by atoms with E-state index in [4.69, 9.17) is 4.74 Å². The lowest BCUT2D eigenvalue weighted by Crippen LogP contribution is -2.47. The molecule has 1 aromatic carbocycles. The lowest BCUT2D eigenvalue weighted by Gasteiger charge is -2.32. The minimum Gasteiger partial charge on any atom is -0.497 e. The molecule has 1 aliphatic heterocycles. The van der Waals surface area contributed by atoms with Crippen LogP contribution in [0.5, 0.6) is 5.75 Å². The molecule has 0 spiro atoms. The van der Waals surface area contributed by atoms with Crippen LogP contribution in [0.3, 0.4) is 0 Å². The van der Waals surface area contributed by atoms with Crippen molar-refractivity contribution >= 4 is 10.0 Å². The predicted octanol–water partition coefficient (Wildman–Crippen LogP) is 1.23. The van der Waals surface area contributed by atoms with Gasteiger partial charge >= 0.3 is 0 Å². The average molecular weight is 285 g/mol. The highest BCUT2D eigenvalue weighted by Crippen LogP contribution is 2.34. The highest BCUT2D eigenvalue weighted by molar-refractivity contribution is 7.89. The Balaban J connectivity index is 2.37. The number of ether oxygens (including phenoxy) is 1. The van der Waals surface area contributed by atoms with Gasteiger partial charge in [-0.2, -0.15) is 4.31 Å². The molecule has 106 valence electrons. The summed E-state index contributed by atoms with van der Waals surface area (Å²) in [4.78, 5) is 0.218. The van der Waals surface area contributed by atoms with Crippen LogP contribution in [0.15, 0.2) is 29.2 Å². The van der Waals surface area contributed by atoms with Crippen molar-refractivity contribution in [3.05, 3.63) is 24.3 Å². The van der Waals surface area contributed by atoms with Crippen molar-refractivity contribution in [2.75, 3.05) is 13.7 Å². The Bertz CT molecular complexity index is 551. The van der Waals surface area contributed by atoms with E-state index in [2.05, 4.69) is 0 Å². The van der Waals surface area contributed by atoms with Crippen LogP contribution in [0.25, 0.3) is 0 Å². The summed E-state index contributed by atoms with van der Waals surface area (Å²) in [5.74, 6) is 0.611. The Morgan fingerprint density at radius 1 is 1.32 bits per heavy atom. The van der Waals surface area contributed by atoms with Crippen LogP contribution < -0.4 is 4.74 Å². The van der Waals surface area contributed by atoms with Gasteiger partial charge < -0.3 is 9.84 Å². The van der Waals surface area contributed by atoms with Gasteiger partial charge in [0.15, 0.2) is 0 Å². The molecule has 0 saturated carbocycles. The van der Waals surface area contributed by atoms with Crippen molar-refractivity contribution in [1.82, 2.24) is 4.31 Å². The minimum absolute atomic E-state index is 0.218. The van der Waals surface area contributed by atoms with E-state index >= 15 is 0 Å². The van der Waals surface area contributed by atoms with Crippen LogP contribution in [0.2, 0.25) is 0 Å². The molecule has 1 fully saturated rings. The van der Waals surface area contributed by atoms with E-state index in [1.807, 2.05) is 0 Å². The van der Waals surface area contributed by atoms with Crippen LogP contribution in [-0.2, 0) is 10.0 Å². The van der Waals surface area contributed by atoms with Crippen molar-refractivity contribution < 1.29 is 18.3 Å². The molecule has 0 amide bonds. The fourth-order valence-electron chi connectivity index (χ4n) is 2.35. The highest BCUT2D eigenvalue weighted by Gasteiger charge is 2.46. The Morgan fingerprint density at radius 3 is 2.32 bits per heavy atom. The molecule has 5 nitrogen and oxygen atoms in total. The summed E-state index contributed by atoms with van der Waals surface area (Å²) in [5.41, 5.74) is -0.779. The van der Waals surface area contributed by atoms with Crippen molar-refractivity contribution in [2.24, 2.45) is 0 Å². The molecule has 0 aliphatic carbocycles. The van der Waals surface area contributed by atoms with Crippen LogP contribution in [0.1, 0.15) is 20.3 Å². The van der Waals surface area contributed by atoms with Gasteiger partial charge in [-0.05, 0) is 44.5 Å². The summed E-state index contributed by atoms with van der Waals surface area (Å²) in [7, 11) is -2.06. The summed E-state index contributed by atoms with van der Waals surface area (Å²) in [6.07, 6.45) is -0.178. The smallest absolute Gasteiger partial charge is 0.243 e.